The molecule has 0 bridgehead atoms. The number of carbonyl (C=O) groups excluding carboxylic acids is 2. The maximum atomic E-state index is 13.8. The summed E-state index contributed by atoms with van der Waals surface area (Å²) in [5, 5.41) is 13.6. The van der Waals surface area contributed by atoms with Crippen molar-refractivity contribution in [3.05, 3.63) is 99.0 Å². The van der Waals surface area contributed by atoms with Crippen LogP contribution in [0.1, 0.15) is 41.5 Å². The van der Waals surface area contributed by atoms with Crippen LogP contribution in [0.5, 0.6) is 0 Å². The lowest BCUT2D eigenvalue weighted by Gasteiger charge is -2.24. The van der Waals surface area contributed by atoms with E-state index in [4.69, 9.17) is 34.3 Å². The summed E-state index contributed by atoms with van der Waals surface area (Å²) in [5.74, 6) is -1.00. The third-order valence-electron chi connectivity index (χ3n) is 8.27. The number of carbonyl (C=O) groups is 2. The van der Waals surface area contributed by atoms with Gasteiger partial charge in [-0.15, -0.1) is 0 Å². The summed E-state index contributed by atoms with van der Waals surface area (Å²) in [4.78, 5) is 28.4. The standard InChI is InChI=1S/C34H42Cl2N6O4S/c1-24-29(35)13-14-30(33(24)36)47(45,46)42(20-15-25-7-3-2-4-8-25)23-32(44)39-22-31(43)40-28(16-19-41-17-5-6-18-41)21-26-9-11-27(12-10-26)34(37)38/h2-4,7-14,28H,5-6,15-23H2,1H3,(H3,37,38)(H,39,44)(H,40,43). The molecule has 1 fully saturated rings. The van der Waals surface area contributed by atoms with Gasteiger partial charge in [-0.3, -0.25) is 15.0 Å². The molecule has 1 saturated heterocycles. The number of nitrogens with one attached hydrogen (secondary N) is 3. The fourth-order valence-electron chi connectivity index (χ4n) is 5.51. The molecule has 5 N–H and O–H groups in total. The largest absolute Gasteiger partial charge is 0.384 e. The average Bonchev–Trinajstić information content (AvgIpc) is 3.58. The Balaban J connectivity index is 1.41. The Morgan fingerprint density at radius 1 is 0.979 bits per heavy atom. The number of amidine groups is 1. The summed E-state index contributed by atoms with van der Waals surface area (Å²) in [6, 6.07) is 19.3. The number of amides is 2. The molecule has 1 aliphatic heterocycles. The predicted octanol–water partition coefficient (Wildman–Crippen LogP) is 4.15. The highest BCUT2D eigenvalue weighted by Crippen LogP contribution is 2.32. The van der Waals surface area contributed by atoms with E-state index in [1.165, 1.54) is 12.1 Å². The minimum absolute atomic E-state index is 0.00194. The number of nitrogens with two attached hydrogens (primary N) is 1. The molecule has 47 heavy (non-hydrogen) atoms. The molecule has 1 unspecified atom stereocenters. The van der Waals surface area contributed by atoms with Crippen LogP contribution >= 0.6 is 23.2 Å². The molecular weight excluding hydrogens is 659 g/mol. The summed E-state index contributed by atoms with van der Waals surface area (Å²) in [6.45, 7) is 3.75. The van der Waals surface area contributed by atoms with Crippen LogP contribution in [0.4, 0.5) is 0 Å². The summed E-state index contributed by atoms with van der Waals surface area (Å²) in [6.07, 6.45) is 3.98. The maximum absolute atomic E-state index is 13.8. The van der Waals surface area contributed by atoms with E-state index < -0.39 is 22.5 Å². The molecule has 10 nitrogen and oxygen atoms in total. The van der Waals surface area contributed by atoms with Crippen molar-refractivity contribution in [1.82, 2.24) is 19.8 Å². The van der Waals surface area contributed by atoms with Crippen molar-refractivity contribution >= 4 is 50.9 Å². The van der Waals surface area contributed by atoms with Gasteiger partial charge in [0, 0.05) is 29.7 Å². The van der Waals surface area contributed by atoms with E-state index >= 15 is 0 Å². The van der Waals surface area contributed by atoms with Crippen molar-refractivity contribution in [2.75, 3.05) is 39.3 Å². The fraction of sp³-hybridized carbons (Fsp3) is 0.382. The van der Waals surface area contributed by atoms with Gasteiger partial charge < -0.3 is 21.3 Å². The number of likely N-dealkylation sites (tertiary alicyclic amines) is 1. The average molecular weight is 702 g/mol. The number of halogens is 2. The molecule has 0 aliphatic carbocycles. The summed E-state index contributed by atoms with van der Waals surface area (Å²) >= 11 is 12.6. The van der Waals surface area contributed by atoms with Gasteiger partial charge in [-0.25, -0.2) is 8.42 Å². The zero-order chi connectivity index (χ0) is 34.0. The molecule has 1 heterocycles. The number of nitrogens with zero attached hydrogens (tertiary/aromatic N) is 2. The zero-order valence-corrected chi connectivity index (χ0v) is 28.8. The molecule has 0 aromatic heterocycles. The first kappa shape index (κ1) is 36.4. The Morgan fingerprint density at radius 3 is 2.32 bits per heavy atom. The van der Waals surface area contributed by atoms with E-state index in [0.717, 1.165) is 54.3 Å². The number of benzene rings is 3. The van der Waals surface area contributed by atoms with Gasteiger partial charge in [0.15, 0.2) is 0 Å². The van der Waals surface area contributed by atoms with Gasteiger partial charge >= 0.3 is 0 Å². The van der Waals surface area contributed by atoms with Crippen molar-refractivity contribution in [2.45, 2.75) is 50.0 Å². The van der Waals surface area contributed by atoms with E-state index in [1.807, 2.05) is 42.5 Å². The van der Waals surface area contributed by atoms with Crippen LogP contribution in [0, 0.1) is 12.3 Å². The van der Waals surface area contributed by atoms with Crippen molar-refractivity contribution < 1.29 is 18.0 Å². The molecule has 1 aliphatic rings. The van der Waals surface area contributed by atoms with Gasteiger partial charge in [0.25, 0.3) is 0 Å². The molecule has 3 aromatic carbocycles. The third-order valence-corrected chi connectivity index (χ3v) is 11.2. The van der Waals surface area contributed by atoms with Gasteiger partial charge in [-0.1, -0.05) is 77.8 Å². The highest BCUT2D eigenvalue weighted by atomic mass is 35.5. The highest BCUT2D eigenvalue weighted by molar-refractivity contribution is 7.89. The Bertz CT molecular complexity index is 1650. The molecular formula is C34H42Cl2N6O4S. The van der Waals surface area contributed by atoms with Gasteiger partial charge in [-0.2, -0.15) is 4.31 Å². The second kappa shape index (κ2) is 17.1. The Labute approximate surface area is 287 Å². The van der Waals surface area contributed by atoms with Crippen molar-refractivity contribution in [3.63, 3.8) is 0 Å². The van der Waals surface area contributed by atoms with Gasteiger partial charge in [0.2, 0.25) is 21.8 Å². The van der Waals surface area contributed by atoms with Gasteiger partial charge in [0.05, 0.1) is 18.1 Å². The number of sulfonamides is 1. The second-order valence-electron chi connectivity index (χ2n) is 11.8. The first-order valence-corrected chi connectivity index (χ1v) is 17.8. The molecule has 3 aromatic rings. The SMILES string of the molecule is Cc1c(Cl)ccc(S(=O)(=O)N(CCc2ccccc2)CC(=O)NCC(=O)NC(CCN2CCCC2)Cc2ccc(C(=N)N)cc2)c1Cl. The highest BCUT2D eigenvalue weighted by Gasteiger charge is 2.30. The van der Waals surface area contributed by atoms with Crippen LogP contribution in [0.25, 0.3) is 0 Å². The molecule has 0 spiro atoms. The first-order chi connectivity index (χ1) is 22.4. The topological polar surface area (TPSA) is 149 Å². The predicted molar refractivity (Wildman–Crippen MR) is 186 cm³/mol. The van der Waals surface area contributed by atoms with E-state index in [2.05, 4.69) is 15.5 Å². The minimum atomic E-state index is -4.20. The van der Waals surface area contributed by atoms with E-state index in [-0.39, 0.29) is 40.8 Å². The minimum Gasteiger partial charge on any atom is -0.384 e. The number of nitrogen functional groups attached to an aromatic ring is 1. The summed E-state index contributed by atoms with van der Waals surface area (Å²) in [5.41, 5.74) is 8.53. The Kier molecular flexibility index (Phi) is 13.2. The van der Waals surface area contributed by atoms with E-state index in [1.54, 1.807) is 19.1 Å². The van der Waals surface area contributed by atoms with Crippen LogP contribution in [0.2, 0.25) is 10.0 Å². The lowest BCUT2D eigenvalue weighted by molar-refractivity contribution is -0.126. The summed E-state index contributed by atoms with van der Waals surface area (Å²) < 4.78 is 28.6. The van der Waals surface area contributed by atoms with Crippen LogP contribution in [0.15, 0.2) is 71.6 Å². The lowest BCUT2D eigenvalue weighted by Crippen LogP contribution is -2.47. The molecule has 1 atom stereocenters. The summed E-state index contributed by atoms with van der Waals surface area (Å²) in [7, 11) is -4.20. The smallest absolute Gasteiger partial charge is 0.245 e. The van der Waals surface area contributed by atoms with Crippen LogP contribution in [0.3, 0.4) is 0 Å². The number of hydrogen-bond donors (Lipinski definition) is 4. The third kappa shape index (κ3) is 10.5. The van der Waals surface area contributed by atoms with Crippen LogP contribution < -0.4 is 16.4 Å². The maximum Gasteiger partial charge on any atom is 0.245 e. The number of rotatable bonds is 16. The molecule has 2 amide bonds. The molecule has 252 valence electrons. The van der Waals surface area contributed by atoms with Crippen molar-refractivity contribution in [1.29, 1.82) is 5.41 Å². The molecule has 4 rings (SSSR count). The van der Waals surface area contributed by atoms with E-state index in [0.29, 0.717) is 29.0 Å². The first-order valence-electron chi connectivity index (χ1n) is 15.6. The quantitative estimate of drug-likeness (QED) is 0.130. The molecule has 0 radical (unpaired) electrons. The van der Waals surface area contributed by atoms with Gasteiger partial charge in [-0.05, 0) is 80.9 Å². The van der Waals surface area contributed by atoms with Crippen LogP contribution in [-0.2, 0) is 32.5 Å². The van der Waals surface area contributed by atoms with Gasteiger partial charge in [0.1, 0.15) is 10.7 Å². The van der Waals surface area contributed by atoms with E-state index in [9.17, 15) is 18.0 Å². The zero-order valence-electron chi connectivity index (χ0n) is 26.5. The fourth-order valence-corrected chi connectivity index (χ4v) is 7.69. The normalized spacial score (nSPS) is 14.2. The second-order valence-corrected chi connectivity index (χ2v) is 14.4. The molecule has 0 saturated carbocycles. The molecule has 13 heteroatoms. The monoisotopic (exact) mass is 700 g/mol. The van der Waals surface area contributed by atoms with Crippen molar-refractivity contribution in [2.24, 2.45) is 5.73 Å². The Hall–Kier alpha value is -3.48. The van der Waals surface area contributed by atoms with Crippen LogP contribution in [-0.4, -0.2) is 80.6 Å². The van der Waals surface area contributed by atoms with Crippen molar-refractivity contribution in [3.8, 4) is 0 Å². The lowest BCUT2D eigenvalue weighted by atomic mass is 10.0. The Morgan fingerprint density at radius 2 is 1.66 bits per heavy atom. The number of hydrogen-bond acceptors (Lipinski definition) is 6.